The van der Waals surface area contributed by atoms with E-state index in [0.29, 0.717) is 6.42 Å². The van der Waals surface area contributed by atoms with Gasteiger partial charge in [0.15, 0.2) is 5.78 Å². The highest BCUT2D eigenvalue weighted by Gasteiger charge is 2.18. The van der Waals surface area contributed by atoms with E-state index in [1.807, 2.05) is 6.92 Å². The van der Waals surface area contributed by atoms with Gasteiger partial charge in [-0.3, -0.25) is 4.79 Å². The first-order valence-electron chi connectivity index (χ1n) is 5.31. The quantitative estimate of drug-likeness (QED) is 0.808. The first-order valence-corrected chi connectivity index (χ1v) is 5.69. The van der Waals surface area contributed by atoms with E-state index >= 15 is 0 Å². The van der Waals surface area contributed by atoms with E-state index in [-0.39, 0.29) is 16.4 Å². The lowest BCUT2D eigenvalue weighted by Crippen LogP contribution is -2.31. The lowest BCUT2D eigenvalue weighted by atomic mass is 10.00. The Morgan fingerprint density at radius 2 is 2.25 bits per heavy atom. The third kappa shape index (κ3) is 3.29. The van der Waals surface area contributed by atoms with E-state index in [0.717, 1.165) is 18.9 Å². The van der Waals surface area contributed by atoms with Crippen LogP contribution >= 0.6 is 11.6 Å². The molecule has 1 aromatic carbocycles. The number of carbonyl (C=O) groups is 1. The zero-order valence-corrected chi connectivity index (χ0v) is 9.93. The maximum Gasteiger partial charge on any atom is 0.182 e. The Bertz CT molecular complexity index is 381. The molecule has 0 aliphatic heterocycles. The van der Waals surface area contributed by atoms with E-state index in [9.17, 15) is 9.18 Å². The molecule has 0 heterocycles. The minimum atomic E-state index is -0.629. The normalized spacial score (nSPS) is 12.5. The molecule has 1 aromatic rings. The number of benzene rings is 1. The Morgan fingerprint density at radius 1 is 1.56 bits per heavy atom. The Labute approximate surface area is 99.6 Å². The molecule has 4 heteroatoms. The van der Waals surface area contributed by atoms with Crippen molar-refractivity contribution in [1.82, 2.24) is 0 Å². The first kappa shape index (κ1) is 13.1. The summed E-state index contributed by atoms with van der Waals surface area (Å²) < 4.78 is 13.4. The molecule has 0 saturated carbocycles. The van der Waals surface area contributed by atoms with Crippen molar-refractivity contribution in [2.45, 2.75) is 32.2 Å². The highest BCUT2D eigenvalue weighted by atomic mass is 35.5. The Hall–Kier alpha value is -0.930. The van der Waals surface area contributed by atoms with Crippen molar-refractivity contribution in [2.24, 2.45) is 5.73 Å². The third-order valence-corrected chi connectivity index (χ3v) is 2.64. The summed E-state index contributed by atoms with van der Waals surface area (Å²) in [5.41, 5.74) is 5.71. The molecule has 0 aliphatic carbocycles. The molecule has 0 bridgehead atoms. The zero-order chi connectivity index (χ0) is 12.1. The fourth-order valence-electron chi connectivity index (χ4n) is 1.44. The van der Waals surface area contributed by atoms with Crippen LogP contribution in [0.25, 0.3) is 0 Å². The molecule has 1 unspecified atom stereocenters. The van der Waals surface area contributed by atoms with Crippen LogP contribution in [0.15, 0.2) is 18.2 Å². The Balaban J connectivity index is 2.79. The van der Waals surface area contributed by atoms with Crippen molar-refractivity contribution in [2.75, 3.05) is 0 Å². The molecule has 0 radical (unpaired) electrons. The van der Waals surface area contributed by atoms with Crippen LogP contribution in [-0.4, -0.2) is 11.8 Å². The second-order valence-corrected chi connectivity index (χ2v) is 4.17. The van der Waals surface area contributed by atoms with Gasteiger partial charge >= 0.3 is 0 Å². The van der Waals surface area contributed by atoms with Gasteiger partial charge in [0.2, 0.25) is 0 Å². The van der Waals surface area contributed by atoms with Gasteiger partial charge in [0, 0.05) is 5.02 Å². The summed E-state index contributed by atoms with van der Waals surface area (Å²) in [5, 5.41) is 0.274. The summed E-state index contributed by atoms with van der Waals surface area (Å²) in [5.74, 6) is -0.966. The van der Waals surface area contributed by atoms with Crippen molar-refractivity contribution >= 4 is 17.4 Å². The number of hydrogen-bond acceptors (Lipinski definition) is 2. The van der Waals surface area contributed by atoms with Crippen molar-refractivity contribution in [1.29, 1.82) is 0 Å². The number of nitrogens with two attached hydrogens (primary N) is 1. The second-order valence-electron chi connectivity index (χ2n) is 3.74. The van der Waals surface area contributed by atoms with Gasteiger partial charge in [0.25, 0.3) is 0 Å². The number of hydrogen-bond donors (Lipinski definition) is 1. The molecule has 0 fully saturated rings. The van der Waals surface area contributed by atoms with Crippen molar-refractivity contribution in [3.8, 4) is 0 Å². The predicted octanol–water partition coefficient (Wildman–Crippen LogP) is 3.18. The van der Waals surface area contributed by atoms with E-state index in [4.69, 9.17) is 17.3 Å². The number of carbonyl (C=O) groups excluding carboxylic acids is 1. The summed E-state index contributed by atoms with van der Waals surface area (Å²) in [6.07, 6.45) is 2.41. The van der Waals surface area contributed by atoms with E-state index in [1.54, 1.807) is 0 Å². The van der Waals surface area contributed by atoms with Crippen LogP contribution in [0.3, 0.4) is 0 Å². The number of Topliss-reactive ketones (excluding diaryl/α,β-unsaturated/α-hetero) is 1. The van der Waals surface area contributed by atoms with E-state index in [2.05, 4.69) is 0 Å². The van der Waals surface area contributed by atoms with Crippen molar-refractivity contribution in [3.63, 3.8) is 0 Å². The van der Waals surface area contributed by atoms with Gasteiger partial charge < -0.3 is 5.73 Å². The van der Waals surface area contributed by atoms with Crippen LogP contribution < -0.4 is 5.73 Å². The van der Waals surface area contributed by atoms with Crippen LogP contribution in [-0.2, 0) is 0 Å². The molecule has 0 aromatic heterocycles. The monoisotopic (exact) mass is 243 g/mol. The maximum atomic E-state index is 13.4. The molecule has 0 saturated heterocycles. The number of halogens is 2. The molecule has 0 amide bonds. The molecule has 1 atom stereocenters. The smallest absolute Gasteiger partial charge is 0.182 e. The molecule has 1 rings (SSSR count). The highest BCUT2D eigenvalue weighted by molar-refractivity contribution is 6.30. The molecule has 88 valence electrons. The highest BCUT2D eigenvalue weighted by Crippen LogP contribution is 2.16. The van der Waals surface area contributed by atoms with Crippen LogP contribution in [0.5, 0.6) is 0 Å². The van der Waals surface area contributed by atoms with Crippen molar-refractivity contribution < 1.29 is 9.18 Å². The van der Waals surface area contributed by atoms with Gasteiger partial charge in [0.1, 0.15) is 5.82 Å². The SMILES string of the molecule is CCCCC(N)C(=O)c1ccc(Cl)cc1F. The summed E-state index contributed by atoms with van der Waals surface area (Å²) in [6.45, 7) is 2.01. The van der Waals surface area contributed by atoms with Gasteiger partial charge in [-0.1, -0.05) is 31.4 Å². The first-order chi connectivity index (χ1) is 7.56. The summed E-state index contributed by atoms with van der Waals surface area (Å²) in [6, 6.07) is 3.37. The molecular formula is C12H15ClFNO. The number of rotatable bonds is 5. The summed E-state index contributed by atoms with van der Waals surface area (Å²) >= 11 is 5.60. The Morgan fingerprint density at radius 3 is 2.81 bits per heavy atom. The fourth-order valence-corrected chi connectivity index (χ4v) is 1.60. The average molecular weight is 244 g/mol. The topological polar surface area (TPSA) is 43.1 Å². The van der Waals surface area contributed by atoms with Crippen LogP contribution in [0.1, 0.15) is 36.5 Å². The molecule has 2 nitrogen and oxygen atoms in total. The average Bonchev–Trinajstić information content (AvgIpc) is 2.25. The molecule has 2 N–H and O–H groups in total. The zero-order valence-electron chi connectivity index (χ0n) is 9.17. The maximum absolute atomic E-state index is 13.4. The van der Waals surface area contributed by atoms with Crippen LogP contribution in [0.2, 0.25) is 5.02 Å². The molecule has 0 spiro atoms. The van der Waals surface area contributed by atoms with Crippen LogP contribution in [0, 0.1) is 5.82 Å². The predicted molar refractivity (Wildman–Crippen MR) is 63.2 cm³/mol. The molecule has 16 heavy (non-hydrogen) atoms. The molecular weight excluding hydrogens is 229 g/mol. The van der Waals surface area contributed by atoms with Gasteiger partial charge in [-0.25, -0.2) is 4.39 Å². The lowest BCUT2D eigenvalue weighted by Gasteiger charge is -2.10. The molecule has 0 aliphatic rings. The van der Waals surface area contributed by atoms with Gasteiger partial charge in [0.05, 0.1) is 11.6 Å². The third-order valence-electron chi connectivity index (χ3n) is 2.40. The minimum Gasteiger partial charge on any atom is -0.321 e. The number of unbranched alkanes of at least 4 members (excludes halogenated alkanes) is 1. The summed E-state index contributed by atoms with van der Waals surface area (Å²) in [4.78, 5) is 11.8. The standard InChI is InChI=1S/C12H15ClFNO/c1-2-3-4-11(15)12(16)9-6-5-8(13)7-10(9)14/h5-7,11H,2-4,15H2,1H3. The van der Waals surface area contributed by atoms with Gasteiger partial charge in [-0.05, 0) is 24.6 Å². The lowest BCUT2D eigenvalue weighted by molar-refractivity contribution is 0.0952. The van der Waals surface area contributed by atoms with E-state index in [1.165, 1.54) is 12.1 Å². The largest absolute Gasteiger partial charge is 0.321 e. The minimum absolute atomic E-state index is 0.0213. The second kappa shape index (κ2) is 5.97. The van der Waals surface area contributed by atoms with Crippen LogP contribution in [0.4, 0.5) is 4.39 Å². The number of ketones is 1. The summed E-state index contributed by atoms with van der Waals surface area (Å²) in [7, 11) is 0. The van der Waals surface area contributed by atoms with Gasteiger partial charge in [-0.2, -0.15) is 0 Å². The Kier molecular flexibility index (Phi) is 4.90. The van der Waals surface area contributed by atoms with Gasteiger partial charge in [-0.15, -0.1) is 0 Å². The van der Waals surface area contributed by atoms with E-state index < -0.39 is 11.9 Å². The fraction of sp³-hybridized carbons (Fsp3) is 0.417. The van der Waals surface area contributed by atoms with Crippen molar-refractivity contribution in [3.05, 3.63) is 34.6 Å².